The lowest BCUT2D eigenvalue weighted by Crippen LogP contribution is -2.13. The second-order valence-electron chi connectivity index (χ2n) is 5.11. The fourth-order valence-corrected chi connectivity index (χ4v) is 2.84. The Bertz CT molecular complexity index is 1060. The maximum Gasteiger partial charge on any atom is 0.259 e. The molecule has 23 heavy (non-hydrogen) atoms. The van der Waals surface area contributed by atoms with Crippen LogP contribution < -0.4 is 16.0 Å². The van der Waals surface area contributed by atoms with Gasteiger partial charge >= 0.3 is 0 Å². The first-order valence-corrected chi connectivity index (χ1v) is 8.59. The minimum absolute atomic E-state index is 0.277. The van der Waals surface area contributed by atoms with Crippen LogP contribution in [0.5, 0.6) is 0 Å². The molecule has 3 aromatic rings. The van der Waals surface area contributed by atoms with Crippen molar-refractivity contribution in [3.63, 3.8) is 0 Å². The summed E-state index contributed by atoms with van der Waals surface area (Å²) in [5.41, 5.74) is 7.11. The zero-order valence-electron chi connectivity index (χ0n) is 12.2. The number of hydrogen-bond acceptors (Lipinski definition) is 5. The van der Waals surface area contributed by atoms with Gasteiger partial charge in [0.2, 0.25) is 10.0 Å². The van der Waals surface area contributed by atoms with E-state index in [1.807, 2.05) is 0 Å². The van der Waals surface area contributed by atoms with Gasteiger partial charge in [-0.05, 0) is 30.3 Å². The second kappa shape index (κ2) is 5.40. The van der Waals surface area contributed by atoms with Crippen LogP contribution in [0.15, 0.2) is 47.3 Å². The van der Waals surface area contributed by atoms with Gasteiger partial charge in [-0.3, -0.25) is 9.52 Å². The normalized spacial score (nSPS) is 11.5. The lowest BCUT2D eigenvalue weighted by Gasteiger charge is -2.10. The summed E-state index contributed by atoms with van der Waals surface area (Å²) in [5.74, 6) is 0.277. The zero-order chi connectivity index (χ0) is 16.6. The summed E-state index contributed by atoms with van der Waals surface area (Å²) in [6.45, 7) is 0. The second-order valence-corrected chi connectivity index (χ2v) is 6.86. The molecular weight excluding hydrogens is 316 g/mol. The van der Waals surface area contributed by atoms with Crippen LogP contribution in [0.4, 0.5) is 11.4 Å². The average molecular weight is 330 g/mol. The molecule has 0 unspecified atom stereocenters. The van der Waals surface area contributed by atoms with Gasteiger partial charge in [0.25, 0.3) is 5.56 Å². The van der Waals surface area contributed by atoms with Crippen LogP contribution in [0.1, 0.15) is 0 Å². The predicted octanol–water partition coefficient (Wildman–Crippen LogP) is 1.54. The number of hydrogen-bond donors (Lipinski definition) is 3. The summed E-state index contributed by atoms with van der Waals surface area (Å²) in [5, 5.41) is 0.377. The number of aromatic amines is 1. The number of para-hydroxylation sites is 1. The summed E-state index contributed by atoms with van der Waals surface area (Å²) in [6, 6.07) is 11.5. The van der Waals surface area contributed by atoms with Crippen molar-refractivity contribution < 1.29 is 8.42 Å². The van der Waals surface area contributed by atoms with Gasteiger partial charge in [0.05, 0.1) is 22.8 Å². The Kier molecular flexibility index (Phi) is 3.53. The van der Waals surface area contributed by atoms with E-state index in [0.717, 1.165) is 6.26 Å². The Hall–Kier alpha value is -2.87. The molecule has 0 aliphatic rings. The number of nitrogens with zero attached hydrogens (tertiary/aromatic N) is 1. The quantitative estimate of drug-likeness (QED) is 0.630. The minimum Gasteiger partial charge on any atom is -0.399 e. The van der Waals surface area contributed by atoms with Crippen molar-refractivity contribution >= 4 is 32.3 Å². The fourth-order valence-electron chi connectivity index (χ4n) is 2.26. The number of aromatic nitrogens is 2. The van der Waals surface area contributed by atoms with Crippen LogP contribution >= 0.6 is 0 Å². The van der Waals surface area contributed by atoms with Crippen LogP contribution in [0, 0.1) is 0 Å². The van der Waals surface area contributed by atoms with Crippen molar-refractivity contribution in [1.29, 1.82) is 0 Å². The number of fused-ring (bicyclic) bond motifs is 1. The van der Waals surface area contributed by atoms with E-state index < -0.39 is 10.0 Å². The largest absolute Gasteiger partial charge is 0.399 e. The van der Waals surface area contributed by atoms with Crippen molar-refractivity contribution in [2.24, 2.45) is 0 Å². The molecule has 4 N–H and O–H groups in total. The van der Waals surface area contributed by atoms with Crippen LogP contribution in [0.3, 0.4) is 0 Å². The molecule has 8 heteroatoms. The van der Waals surface area contributed by atoms with Gasteiger partial charge in [-0.25, -0.2) is 13.4 Å². The SMILES string of the molecule is CS(=O)(=O)Nc1ccccc1-c1nc2ccc(N)cc2c(=O)[nH]1. The highest BCUT2D eigenvalue weighted by Crippen LogP contribution is 2.26. The van der Waals surface area contributed by atoms with Crippen molar-refractivity contribution in [1.82, 2.24) is 9.97 Å². The van der Waals surface area contributed by atoms with Gasteiger partial charge in [-0.2, -0.15) is 0 Å². The molecule has 118 valence electrons. The molecular formula is C15H14N4O3S. The molecule has 0 atom stereocenters. The van der Waals surface area contributed by atoms with Gasteiger partial charge in [-0.1, -0.05) is 12.1 Å². The molecule has 2 aromatic carbocycles. The summed E-state index contributed by atoms with van der Waals surface area (Å²) < 4.78 is 25.4. The average Bonchev–Trinajstić information content (AvgIpc) is 2.47. The molecule has 3 rings (SSSR count). The van der Waals surface area contributed by atoms with E-state index in [2.05, 4.69) is 14.7 Å². The zero-order valence-corrected chi connectivity index (χ0v) is 13.0. The lowest BCUT2D eigenvalue weighted by atomic mass is 10.1. The Labute approximate surface area is 132 Å². The minimum atomic E-state index is -3.45. The number of benzene rings is 2. The van der Waals surface area contributed by atoms with Crippen molar-refractivity contribution in [2.75, 3.05) is 16.7 Å². The highest BCUT2D eigenvalue weighted by Gasteiger charge is 2.12. The van der Waals surface area contributed by atoms with E-state index in [1.54, 1.807) is 42.5 Å². The first kappa shape index (κ1) is 15.0. The summed E-state index contributed by atoms with van der Waals surface area (Å²) >= 11 is 0. The molecule has 0 fully saturated rings. The van der Waals surface area contributed by atoms with Crippen molar-refractivity contribution in [2.45, 2.75) is 0 Å². The lowest BCUT2D eigenvalue weighted by molar-refractivity contribution is 0.607. The van der Waals surface area contributed by atoms with Gasteiger partial charge in [-0.15, -0.1) is 0 Å². The van der Waals surface area contributed by atoms with E-state index in [1.165, 1.54) is 0 Å². The van der Waals surface area contributed by atoms with Gasteiger partial charge in [0, 0.05) is 11.3 Å². The third-order valence-electron chi connectivity index (χ3n) is 3.21. The topological polar surface area (TPSA) is 118 Å². The van der Waals surface area contributed by atoms with Gasteiger partial charge < -0.3 is 10.7 Å². The molecule has 7 nitrogen and oxygen atoms in total. The maximum atomic E-state index is 12.2. The number of H-pyrrole nitrogens is 1. The Morgan fingerprint density at radius 1 is 1.17 bits per heavy atom. The van der Waals surface area contributed by atoms with E-state index in [9.17, 15) is 13.2 Å². The van der Waals surface area contributed by atoms with Gasteiger partial charge in [0.15, 0.2) is 0 Å². The highest BCUT2D eigenvalue weighted by molar-refractivity contribution is 7.92. The number of nitrogen functional groups attached to an aromatic ring is 1. The summed E-state index contributed by atoms with van der Waals surface area (Å²) in [4.78, 5) is 19.3. The van der Waals surface area contributed by atoms with Crippen molar-refractivity contribution in [3.8, 4) is 11.4 Å². The van der Waals surface area contributed by atoms with Crippen molar-refractivity contribution in [3.05, 3.63) is 52.8 Å². The third kappa shape index (κ3) is 3.16. The standard InChI is InChI=1S/C15H14N4O3S/c1-23(21,22)19-13-5-3-2-4-10(13)14-17-12-7-6-9(16)8-11(12)15(20)18-14/h2-8,19H,16H2,1H3,(H,17,18,20). The molecule has 0 spiro atoms. The van der Waals surface area contributed by atoms with E-state index in [0.29, 0.717) is 27.8 Å². The predicted molar refractivity (Wildman–Crippen MR) is 90.7 cm³/mol. The molecule has 0 aliphatic carbocycles. The number of nitrogens with one attached hydrogen (secondary N) is 2. The number of sulfonamides is 1. The molecule has 0 saturated heterocycles. The maximum absolute atomic E-state index is 12.2. The van der Waals surface area contributed by atoms with E-state index >= 15 is 0 Å². The molecule has 1 heterocycles. The van der Waals surface area contributed by atoms with E-state index in [-0.39, 0.29) is 11.4 Å². The van der Waals surface area contributed by atoms with Crippen LogP contribution in [-0.4, -0.2) is 24.6 Å². The Morgan fingerprint density at radius 3 is 2.65 bits per heavy atom. The molecule has 0 saturated carbocycles. The summed E-state index contributed by atoms with van der Waals surface area (Å²) in [6.07, 6.45) is 1.06. The monoisotopic (exact) mass is 330 g/mol. The highest BCUT2D eigenvalue weighted by atomic mass is 32.2. The third-order valence-corrected chi connectivity index (χ3v) is 3.80. The first-order chi connectivity index (χ1) is 10.8. The first-order valence-electron chi connectivity index (χ1n) is 6.70. The smallest absolute Gasteiger partial charge is 0.259 e. The van der Waals surface area contributed by atoms with E-state index in [4.69, 9.17) is 5.73 Å². The van der Waals surface area contributed by atoms with Gasteiger partial charge in [0.1, 0.15) is 5.82 Å². The Balaban J connectivity index is 2.22. The number of nitrogens with two attached hydrogens (primary N) is 1. The van der Waals surface area contributed by atoms with Crippen LogP contribution in [0.25, 0.3) is 22.3 Å². The molecule has 1 aromatic heterocycles. The number of anilines is 2. The van der Waals surface area contributed by atoms with Crippen LogP contribution in [-0.2, 0) is 10.0 Å². The van der Waals surface area contributed by atoms with Crippen LogP contribution in [0.2, 0.25) is 0 Å². The molecule has 0 amide bonds. The summed E-state index contributed by atoms with van der Waals surface area (Å²) in [7, 11) is -3.45. The molecule has 0 aliphatic heterocycles. The molecule has 0 bridgehead atoms. The molecule has 0 radical (unpaired) electrons. The number of rotatable bonds is 3. The fraction of sp³-hybridized carbons (Fsp3) is 0.0667. The Morgan fingerprint density at radius 2 is 1.91 bits per heavy atom.